The molecule has 0 aliphatic carbocycles. The van der Waals surface area contributed by atoms with E-state index in [9.17, 15) is 18.8 Å². The first-order valence-electron chi connectivity index (χ1n) is 9.31. The van der Waals surface area contributed by atoms with Gasteiger partial charge in [0.05, 0.1) is 6.54 Å². The highest BCUT2D eigenvalue weighted by molar-refractivity contribution is 6.09. The first kappa shape index (κ1) is 20.3. The van der Waals surface area contributed by atoms with Crippen LogP contribution in [0.4, 0.5) is 9.18 Å². The second kappa shape index (κ2) is 8.72. The van der Waals surface area contributed by atoms with Gasteiger partial charge in [0.25, 0.3) is 5.91 Å². The molecule has 152 valence electrons. The molecule has 3 rings (SSSR count). The number of carbonyl (C=O) groups excluding carboxylic acids is 3. The summed E-state index contributed by atoms with van der Waals surface area (Å²) in [5, 5.41) is 5.28. The number of hydrogen-bond acceptors (Lipinski definition) is 4. The molecule has 7 nitrogen and oxygen atoms in total. The second-order valence-electron chi connectivity index (χ2n) is 6.60. The molecule has 1 saturated heterocycles. The van der Waals surface area contributed by atoms with Crippen LogP contribution in [0.1, 0.15) is 18.9 Å². The Hall–Kier alpha value is -3.42. The summed E-state index contributed by atoms with van der Waals surface area (Å²) >= 11 is 0. The molecule has 1 aliphatic heterocycles. The normalized spacial score (nSPS) is 18.5. The maximum absolute atomic E-state index is 13.2. The number of para-hydroxylation sites is 1. The molecule has 2 N–H and O–H groups in total. The predicted octanol–water partition coefficient (Wildman–Crippen LogP) is 2.18. The Morgan fingerprint density at radius 3 is 2.48 bits per heavy atom. The first-order valence-corrected chi connectivity index (χ1v) is 9.31. The third-order valence-electron chi connectivity index (χ3n) is 4.78. The lowest BCUT2D eigenvalue weighted by molar-refractivity contribution is -0.135. The number of ether oxygens (including phenoxy) is 1. The fourth-order valence-electron chi connectivity index (χ4n) is 3.22. The van der Waals surface area contributed by atoms with E-state index >= 15 is 0 Å². The summed E-state index contributed by atoms with van der Waals surface area (Å²) in [6.07, 6.45) is 0.270. The highest BCUT2D eigenvalue weighted by Gasteiger charge is 2.51. The number of hydrogen-bond donors (Lipinski definition) is 2. The monoisotopic (exact) mass is 399 g/mol. The van der Waals surface area contributed by atoms with Gasteiger partial charge in [-0.05, 0) is 36.2 Å². The number of urea groups is 1. The van der Waals surface area contributed by atoms with Crippen LogP contribution in [-0.4, -0.2) is 42.4 Å². The van der Waals surface area contributed by atoms with E-state index < -0.39 is 35.7 Å². The van der Waals surface area contributed by atoms with Crippen molar-refractivity contribution >= 4 is 17.8 Å². The van der Waals surface area contributed by atoms with E-state index in [1.807, 2.05) is 18.2 Å². The average molecular weight is 399 g/mol. The van der Waals surface area contributed by atoms with Crippen LogP contribution in [0.15, 0.2) is 54.6 Å². The summed E-state index contributed by atoms with van der Waals surface area (Å²) in [6, 6.07) is 13.9. The molecule has 0 spiro atoms. The van der Waals surface area contributed by atoms with Crippen molar-refractivity contribution in [3.63, 3.8) is 0 Å². The van der Waals surface area contributed by atoms with Gasteiger partial charge in [0.15, 0.2) is 0 Å². The van der Waals surface area contributed by atoms with Crippen LogP contribution >= 0.6 is 0 Å². The Labute approximate surface area is 167 Å². The van der Waals surface area contributed by atoms with Crippen molar-refractivity contribution in [3.05, 3.63) is 66.0 Å². The number of amides is 4. The number of nitrogens with one attached hydrogen (secondary N) is 2. The summed E-state index contributed by atoms with van der Waals surface area (Å²) in [5.74, 6) is -0.767. The molecule has 1 fully saturated rings. The smallest absolute Gasteiger partial charge is 0.325 e. The lowest BCUT2D eigenvalue weighted by Gasteiger charge is -2.25. The van der Waals surface area contributed by atoms with Crippen LogP contribution in [-0.2, 0) is 15.1 Å². The van der Waals surface area contributed by atoms with Crippen LogP contribution in [0.3, 0.4) is 0 Å². The number of carbonyl (C=O) groups is 3. The van der Waals surface area contributed by atoms with E-state index in [0.29, 0.717) is 11.3 Å². The molecule has 29 heavy (non-hydrogen) atoms. The molecule has 0 radical (unpaired) electrons. The molecule has 1 heterocycles. The van der Waals surface area contributed by atoms with E-state index in [0.717, 1.165) is 4.90 Å². The molecule has 0 aromatic heterocycles. The van der Waals surface area contributed by atoms with Crippen LogP contribution in [0.5, 0.6) is 5.75 Å². The Morgan fingerprint density at radius 2 is 1.83 bits per heavy atom. The lowest BCUT2D eigenvalue weighted by atomic mass is 9.87. The van der Waals surface area contributed by atoms with Crippen LogP contribution in [0, 0.1) is 5.82 Å². The van der Waals surface area contributed by atoms with Gasteiger partial charge in [-0.1, -0.05) is 37.3 Å². The minimum atomic E-state index is -1.30. The van der Waals surface area contributed by atoms with Gasteiger partial charge >= 0.3 is 6.03 Å². The molecule has 2 aromatic rings. The van der Waals surface area contributed by atoms with Gasteiger partial charge in [-0.15, -0.1) is 0 Å². The van der Waals surface area contributed by atoms with E-state index in [2.05, 4.69) is 10.6 Å². The molecule has 0 unspecified atom stereocenters. The fourth-order valence-corrected chi connectivity index (χ4v) is 3.22. The van der Waals surface area contributed by atoms with Crippen molar-refractivity contribution in [3.8, 4) is 5.75 Å². The second-order valence-corrected chi connectivity index (χ2v) is 6.60. The third kappa shape index (κ3) is 4.37. The van der Waals surface area contributed by atoms with Crippen molar-refractivity contribution in [2.24, 2.45) is 0 Å². The highest BCUT2D eigenvalue weighted by Crippen LogP contribution is 2.32. The Kier molecular flexibility index (Phi) is 6.11. The number of nitrogens with zero attached hydrogens (tertiary/aromatic N) is 1. The number of benzene rings is 2. The maximum Gasteiger partial charge on any atom is 0.325 e. The molecule has 4 amide bonds. The minimum Gasteiger partial charge on any atom is -0.492 e. The summed E-state index contributed by atoms with van der Waals surface area (Å²) in [5.41, 5.74) is -0.833. The number of rotatable bonds is 8. The zero-order valence-electron chi connectivity index (χ0n) is 16.0. The topological polar surface area (TPSA) is 87.7 Å². The van der Waals surface area contributed by atoms with E-state index in [1.165, 1.54) is 24.3 Å². The van der Waals surface area contributed by atoms with E-state index in [4.69, 9.17) is 4.74 Å². The molecular weight excluding hydrogens is 377 g/mol. The zero-order chi connectivity index (χ0) is 20.9. The summed E-state index contributed by atoms with van der Waals surface area (Å²) in [6.45, 7) is 1.82. The van der Waals surface area contributed by atoms with E-state index in [-0.39, 0.29) is 19.6 Å². The summed E-state index contributed by atoms with van der Waals surface area (Å²) in [4.78, 5) is 38.4. The van der Waals surface area contributed by atoms with Gasteiger partial charge < -0.3 is 15.4 Å². The van der Waals surface area contributed by atoms with Gasteiger partial charge in [0, 0.05) is 0 Å². The van der Waals surface area contributed by atoms with Crippen LogP contribution in [0.25, 0.3) is 0 Å². The molecule has 2 aromatic carbocycles. The maximum atomic E-state index is 13.2. The van der Waals surface area contributed by atoms with Gasteiger partial charge in [-0.2, -0.15) is 0 Å². The standard InChI is InChI=1S/C21H22FN3O4/c1-2-21(15-8-10-16(22)11-9-15)19(27)25(20(28)24-21)14-18(26)23-12-13-29-17-6-4-3-5-7-17/h3-11H,2,12-14H2,1H3,(H,23,26)(H,24,28)/t21-/m0/s1. The zero-order valence-corrected chi connectivity index (χ0v) is 16.0. The minimum absolute atomic E-state index is 0.230. The van der Waals surface area contributed by atoms with Gasteiger partial charge in [0.2, 0.25) is 5.91 Å². The van der Waals surface area contributed by atoms with Crippen molar-refractivity contribution in [2.75, 3.05) is 19.7 Å². The van der Waals surface area contributed by atoms with Crippen LogP contribution < -0.4 is 15.4 Å². The number of halogens is 1. The van der Waals surface area contributed by atoms with E-state index in [1.54, 1.807) is 19.1 Å². The molecule has 1 atom stereocenters. The average Bonchev–Trinajstić information content (AvgIpc) is 2.97. The SMILES string of the molecule is CC[C@@]1(c2ccc(F)cc2)NC(=O)N(CC(=O)NCCOc2ccccc2)C1=O. The highest BCUT2D eigenvalue weighted by atomic mass is 19.1. The van der Waals surface area contributed by atoms with Gasteiger partial charge in [-0.25, -0.2) is 9.18 Å². The van der Waals surface area contributed by atoms with Crippen molar-refractivity contribution in [1.82, 2.24) is 15.5 Å². The Balaban J connectivity index is 1.57. The number of imide groups is 1. The first-order chi connectivity index (χ1) is 14.0. The molecule has 8 heteroatoms. The fraction of sp³-hybridized carbons (Fsp3) is 0.286. The van der Waals surface area contributed by atoms with Gasteiger partial charge in [-0.3, -0.25) is 14.5 Å². The largest absolute Gasteiger partial charge is 0.492 e. The predicted molar refractivity (Wildman–Crippen MR) is 104 cm³/mol. The molecular formula is C21H22FN3O4. The third-order valence-corrected chi connectivity index (χ3v) is 4.78. The van der Waals surface area contributed by atoms with Gasteiger partial charge in [0.1, 0.15) is 30.3 Å². The summed E-state index contributed by atoms with van der Waals surface area (Å²) < 4.78 is 18.7. The molecule has 1 aliphatic rings. The lowest BCUT2D eigenvalue weighted by Crippen LogP contribution is -2.45. The van der Waals surface area contributed by atoms with Crippen LogP contribution in [0.2, 0.25) is 0 Å². The van der Waals surface area contributed by atoms with Crippen molar-refractivity contribution in [1.29, 1.82) is 0 Å². The molecule has 0 saturated carbocycles. The molecule has 0 bridgehead atoms. The van der Waals surface area contributed by atoms with Crippen molar-refractivity contribution < 1.29 is 23.5 Å². The summed E-state index contributed by atoms with van der Waals surface area (Å²) in [7, 11) is 0. The Bertz CT molecular complexity index is 889. The van der Waals surface area contributed by atoms with Crippen molar-refractivity contribution in [2.45, 2.75) is 18.9 Å². The quantitative estimate of drug-likeness (QED) is 0.526. The Morgan fingerprint density at radius 1 is 1.14 bits per heavy atom.